The summed E-state index contributed by atoms with van der Waals surface area (Å²) in [5, 5.41) is 2.77. The molecule has 0 aliphatic rings. The van der Waals surface area contributed by atoms with Gasteiger partial charge in [0.2, 0.25) is 0 Å². The summed E-state index contributed by atoms with van der Waals surface area (Å²) in [7, 11) is -3.51. The predicted molar refractivity (Wildman–Crippen MR) is 83.3 cm³/mol. The van der Waals surface area contributed by atoms with Crippen molar-refractivity contribution < 1.29 is 17.6 Å². The summed E-state index contributed by atoms with van der Waals surface area (Å²) in [6.45, 7) is 3.83. The lowest BCUT2D eigenvalue weighted by molar-refractivity contribution is 0.0910. The third-order valence-corrected chi connectivity index (χ3v) is 5.07. The average Bonchev–Trinajstić information content (AvgIpc) is 2.95. The molecule has 118 valence electrons. The van der Waals surface area contributed by atoms with Crippen molar-refractivity contribution in [2.45, 2.75) is 37.0 Å². The van der Waals surface area contributed by atoms with E-state index >= 15 is 0 Å². The zero-order chi connectivity index (χ0) is 16.2. The number of hydrogen-bond donors (Lipinski definition) is 1. The van der Waals surface area contributed by atoms with Gasteiger partial charge in [-0.2, -0.15) is 0 Å². The molecule has 1 N–H and O–H groups in total. The molecule has 0 unspecified atom stereocenters. The number of rotatable bonds is 6. The van der Waals surface area contributed by atoms with E-state index in [1.165, 1.54) is 24.5 Å². The van der Waals surface area contributed by atoms with Crippen molar-refractivity contribution in [3.8, 4) is 0 Å². The molecule has 0 radical (unpaired) electrons. The third kappa shape index (κ3) is 3.76. The Morgan fingerprint density at radius 1 is 1.23 bits per heavy atom. The van der Waals surface area contributed by atoms with Gasteiger partial charge in [0, 0.05) is 11.6 Å². The molecule has 1 aromatic carbocycles. The minimum absolute atomic E-state index is 0.00354. The van der Waals surface area contributed by atoms with Crippen LogP contribution in [-0.4, -0.2) is 20.4 Å². The summed E-state index contributed by atoms with van der Waals surface area (Å²) in [6, 6.07) is 9.67. The summed E-state index contributed by atoms with van der Waals surface area (Å²) in [4.78, 5) is 12.3. The minimum Gasteiger partial charge on any atom is -0.459 e. The normalized spacial score (nSPS) is 12.8. The number of amides is 1. The molecule has 0 fully saturated rings. The molecule has 1 heterocycles. The summed E-state index contributed by atoms with van der Waals surface area (Å²) in [6.07, 6.45) is 2.12. The monoisotopic (exact) mass is 321 g/mol. The van der Waals surface area contributed by atoms with Gasteiger partial charge >= 0.3 is 0 Å². The summed E-state index contributed by atoms with van der Waals surface area (Å²) in [5.41, 5.74) is 0.365. The molecular formula is C16H19NO4S. The van der Waals surface area contributed by atoms with Gasteiger partial charge < -0.3 is 9.73 Å². The van der Waals surface area contributed by atoms with Crippen LogP contribution in [0.25, 0.3) is 0 Å². The highest BCUT2D eigenvalue weighted by atomic mass is 32.2. The number of carbonyl (C=O) groups is 1. The first kappa shape index (κ1) is 16.3. The zero-order valence-electron chi connectivity index (χ0n) is 12.6. The number of carbonyl (C=O) groups excluding carboxylic acids is 1. The first-order valence-corrected chi connectivity index (χ1v) is 8.74. The maximum absolute atomic E-state index is 12.4. The molecule has 0 aliphatic carbocycles. The van der Waals surface area contributed by atoms with Gasteiger partial charge in [0.05, 0.1) is 16.9 Å². The topological polar surface area (TPSA) is 76.4 Å². The smallest absolute Gasteiger partial charge is 0.287 e. The third-order valence-electron chi connectivity index (χ3n) is 3.39. The predicted octanol–water partition coefficient (Wildman–Crippen LogP) is 2.78. The van der Waals surface area contributed by atoms with Crippen molar-refractivity contribution in [3.63, 3.8) is 0 Å². The maximum Gasteiger partial charge on any atom is 0.287 e. The van der Waals surface area contributed by atoms with Crippen LogP contribution in [-0.2, 0) is 15.6 Å². The number of hydrogen-bond acceptors (Lipinski definition) is 4. The molecule has 0 spiro atoms. The van der Waals surface area contributed by atoms with Gasteiger partial charge in [0.1, 0.15) is 0 Å². The van der Waals surface area contributed by atoms with E-state index in [9.17, 15) is 13.2 Å². The molecule has 1 aromatic heterocycles. The first-order valence-electron chi connectivity index (χ1n) is 7.09. The van der Waals surface area contributed by atoms with Gasteiger partial charge in [0.15, 0.2) is 15.6 Å². The van der Waals surface area contributed by atoms with Crippen LogP contribution in [0.5, 0.6) is 0 Å². The fraction of sp³-hybridized carbons (Fsp3) is 0.312. The Hall–Kier alpha value is -2.08. The number of benzene rings is 1. The molecule has 0 bridgehead atoms. The van der Waals surface area contributed by atoms with Crippen molar-refractivity contribution in [3.05, 3.63) is 54.0 Å². The molecule has 5 nitrogen and oxygen atoms in total. The first-order chi connectivity index (χ1) is 10.4. The average molecular weight is 321 g/mol. The van der Waals surface area contributed by atoms with Gasteiger partial charge in [-0.25, -0.2) is 8.42 Å². The highest BCUT2D eigenvalue weighted by Gasteiger charge is 2.22. The molecule has 2 rings (SSSR count). The van der Waals surface area contributed by atoms with E-state index in [1.807, 2.05) is 13.8 Å². The lowest BCUT2D eigenvalue weighted by atomic mass is 10.2. The van der Waals surface area contributed by atoms with Gasteiger partial charge in [-0.3, -0.25) is 4.79 Å². The molecule has 6 heteroatoms. The lowest BCUT2D eigenvalue weighted by Gasteiger charge is -2.11. The Bertz CT molecular complexity index is 735. The van der Waals surface area contributed by atoms with Crippen molar-refractivity contribution in [1.82, 2.24) is 5.32 Å². The SMILES string of the molecule is CC[C@H](C)NC(=O)c1occc1CS(=O)(=O)c1ccccc1. The molecule has 2 aromatic rings. The van der Waals surface area contributed by atoms with Gasteiger partial charge in [-0.15, -0.1) is 0 Å². The molecule has 22 heavy (non-hydrogen) atoms. The maximum atomic E-state index is 12.4. The highest BCUT2D eigenvalue weighted by Crippen LogP contribution is 2.20. The van der Waals surface area contributed by atoms with E-state index in [2.05, 4.69) is 5.32 Å². The van der Waals surface area contributed by atoms with E-state index in [4.69, 9.17) is 4.42 Å². The van der Waals surface area contributed by atoms with Crippen LogP contribution in [0.15, 0.2) is 52.0 Å². The number of nitrogens with one attached hydrogen (secondary N) is 1. The van der Waals surface area contributed by atoms with Crippen molar-refractivity contribution in [2.24, 2.45) is 0 Å². The second kappa shape index (κ2) is 6.79. The molecule has 0 saturated carbocycles. The van der Waals surface area contributed by atoms with Gasteiger partial charge in [-0.05, 0) is 31.5 Å². The largest absolute Gasteiger partial charge is 0.459 e. The standard InChI is InChI=1S/C16H19NO4S/c1-3-12(2)17-16(18)15-13(9-10-21-15)11-22(19,20)14-7-5-4-6-8-14/h4-10,12H,3,11H2,1-2H3,(H,17,18)/t12-/m0/s1. The molecule has 1 atom stereocenters. The van der Waals surface area contributed by atoms with Crippen LogP contribution in [0, 0.1) is 0 Å². The second-order valence-corrected chi connectivity index (χ2v) is 7.12. The van der Waals surface area contributed by atoms with E-state index in [0.29, 0.717) is 5.56 Å². The van der Waals surface area contributed by atoms with Gasteiger partial charge in [0.25, 0.3) is 5.91 Å². The summed E-state index contributed by atoms with van der Waals surface area (Å²) < 4.78 is 29.9. The molecule has 0 aliphatic heterocycles. The van der Waals surface area contributed by atoms with E-state index in [1.54, 1.807) is 18.2 Å². The number of sulfone groups is 1. The van der Waals surface area contributed by atoms with Crippen molar-refractivity contribution in [2.75, 3.05) is 0 Å². The quantitative estimate of drug-likeness (QED) is 0.887. The van der Waals surface area contributed by atoms with Crippen molar-refractivity contribution in [1.29, 1.82) is 0 Å². The lowest BCUT2D eigenvalue weighted by Crippen LogP contribution is -2.32. The van der Waals surface area contributed by atoms with Crippen LogP contribution in [0.2, 0.25) is 0 Å². The fourth-order valence-electron chi connectivity index (χ4n) is 1.96. The van der Waals surface area contributed by atoms with Crippen LogP contribution < -0.4 is 5.32 Å². The van der Waals surface area contributed by atoms with Crippen LogP contribution in [0.4, 0.5) is 0 Å². The minimum atomic E-state index is -3.51. The highest BCUT2D eigenvalue weighted by molar-refractivity contribution is 7.90. The Morgan fingerprint density at radius 2 is 1.91 bits per heavy atom. The second-order valence-electron chi connectivity index (χ2n) is 5.13. The van der Waals surface area contributed by atoms with Crippen molar-refractivity contribution >= 4 is 15.7 Å². The van der Waals surface area contributed by atoms with Crippen LogP contribution in [0.3, 0.4) is 0 Å². The summed E-state index contributed by atoms with van der Waals surface area (Å²) in [5.74, 6) is -0.603. The summed E-state index contributed by atoms with van der Waals surface area (Å²) >= 11 is 0. The Morgan fingerprint density at radius 3 is 2.55 bits per heavy atom. The Labute approximate surface area is 130 Å². The number of furan rings is 1. The van der Waals surface area contributed by atoms with E-state index in [-0.39, 0.29) is 22.5 Å². The van der Waals surface area contributed by atoms with Crippen LogP contribution >= 0.6 is 0 Å². The van der Waals surface area contributed by atoms with Gasteiger partial charge in [-0.1, -0.05) is 25.1 Å². The molecule has 1 amide bonds. The fourth-order valence-corrected chi connectivity index (χ4v) is 3.33. The van der Waals surface area contributed by atoms with E-state index in [0.717, 1.165) is 6.42 Å². The zero-order valence-corrected chi connectivity index (χ0v) is 13.4. The van der Waals surface area contributed by atoms with E-state index < -0.39 is 15.7 Å². The Balaban J connectivity index is 2.22. The molecular weight excluding hydrogens is 302 g/mol. The van der Waals surface area contributed by atoms with Crippen LogP contribution in [0.1, 0.15) is 36.4 Å². The Kier molecular flexibility index (Phi) is 5.03. The molecule has 0 saturated heterocycles.